The molecule has 20 heavy (non-hydrogen) atoms. The van der Waals surface area contributed by atoms with E-state index in [0.717, 1.165) is 12.5 Å². The van der Waals surface area contributed by atoms with Crippen LogP contribution in [0.3, 0.4) is 0 Å². The molecule has 0 fully saturated rings. The fourth-order valence-electron chi connectivity index (χ4n) is 1.74. The summed E-state index contributed by atoms with van der Waals surface area (Å²) in [7, 11) is -4.95. The van der Waals surface area contributed by atoms with Gasteiger partial charge in [0.25, 0.3) is 0 Å². The van der Waals surface area contributed by atoms with E-state index < -0.39 is 44.7 Å². The van der Waals surface area contributed by atoms with Crippen LogP contribution in [0, 0.1) is 0 Å². The summed E-state index contributed by atoms with van der Waals surface area (Å²) in [6, 6.07) is 0.837. The average molecular weight is 341 g/mol. The first-order valence-corrected chi connectivity index (χ1v) is 15.8. The first kappa shape index (κ1) is 20.5. The van der Waals surface area contributed by atoms with Crippen molar-refractivity contribution >= 4 is 25.9 Å². The van der Waals surface area contributed by atoms with Crippen LogP contribution in [-0.4, -0.2) is 60.1 Å². The molecule has 8 heteroatoms. The van der Waals surface area contributed by atoms with Gasteiger partial charge in [0.15, 0.2) is 16.6 Å². The standard InChI is InChI=1S/C12H32O5Si3/c1-19(2,3)16-18(17-20(4,5)6)9-7-8-11(14)12(15)10-13/h11-15,18H,7-10H2,1-6H3. The second-order valence-electron chi connectivity index (χ2n) is 7.14. The van der Waals surface area contributed by atoms with E-state index in [0.29, 0.717) is 6.42 Å². The average Bonchev–Trinajstić information content (AvgIpc) is 2.23. The van der Waals surface area contributed by atoms with Crippen LogP contribution >= 0.6 is 0 Å². The fraction of sp³-hybridized carbons (Fsp3) is 1.00. The van der Waals surface area contributed by atoms with Gasteiger partial charge in [0.05, 0.1) is 12.7 Å². The number of aliphatic hydroxyl groups excluding tert-OH is 3. The molecule has 0 saturated carbocycles. The maximum Gasteiger partial charge on any atom is 0.300 e. The first-order chi connectivity index (χ1) is 8.94. The Hall–Kier alpha value is 0.451. The van der Waals surface area contributed by atoms with Crippen LogP contribution in [0.4, 0.5) is 0 Å². The second-order valence-corrected chi connectivity index (χ2v) is 18.9. The van der Waals surface area contributed by atoms with Gasteiger partial charge in [0.2, 0.25) is 0 Å². The Morgan fingerprint density at radius 3 is 1.70 bits per heavy atom. The molecule has 0 aromatic carbocycles. The third-order valence-corrected chi connectivity index (χ3v) is 11.2. The molecule has 0 saturated heterocycles. The van der Waals surface area contributed by atoms with Crippen molar-refractivity contribution in [2.75, 3.05) is 6.61 Å². The summed E-state index contributed by atoms with van der Waals surface area (Å²) in [6.07, 6.45) is -0.696. The van der Waals surface area contributed by atoms with E-state index in [-0.39, 0.29) is 0 Å². The van der Waals surface area contributed by atoms with E-state index in [2.05, 4.69) is 39.3 Å². The van der Waals surface area contributed by atoms with Gasteiger partial charge >= 0.3 is 9.28 Å². The van der Waals surface area contributed by atoms with Crippen molar-refractivity contribution in [1.29, 1.82) is 0 Å². The van der Waals surface area contributed by atoms with Crippen molar-refractivity contribution in [3.63, 3.8) is 0 Å². The molecule has 0 aromatic heterocycles. The van der Waals surface area contributed by atoms with Gasteiger partial charge in [-0.05, 0) is 58.2 Å². The monoisotopic (exact) mass is 340 g/mol. The van der Waals surface area contributed by atoms with Crippen molar-refractivity contribution in [1.82, 2.24) is 0 Å². The molecule has 5 nitrogen and oxygen atoms in total. The van der Waals surface area contributed by atoms with Crippen molar-refractivity contribution in [2.45, 2.75) is 70.4 Å². The summed E-state index contributed by atoms with van der Waals surface area (Å²) < 4.78 is 12.4. The quantitative estimate of drug-likeness (QED) is 0.524. The number of hydrogen-bond acceptors (Lipinski definition) is 5. The number of aliphatic hydroxyl groups is 3. The minimum absolute atomic E-state index is 0.404. The maximum atomic E-state index is 9.64. The lowest BCUT2D eigenvalue weighted by Gasteiger charge is -2.31. The highest BCUT2D eigenvalue weighted by Gasteiger charge is 2.28. The van der Waals surface area contributed by atoms with Gasteiger partial charge in [-0.15, -0.1) is 0 Å². The summed E-state index contributed by atoms with van der Waals surface area (Å²) in [5.74, 6) is 0. The highest BCUT2D eigenvalue weighted by molar-refractivity contribution is 6.81. The molecule has 0 aliphatic heterocycles. The Labute approximate surface area is 127 Å². The van der Waals surface area contributed by atoms with Crippen LogP contribution in [-0.2, 0) is 8.23 Å². The van der Waals surface area contributed by atoms with Crippen LogP contribution in [0.1, 0.15) is 12.8 Å². The van der Waals surface area contributed by atoms with Crippen LogP contribution < -0.4 is 0 Å². The molecule has 0 aliphatic carbocycles. The lowest BCUT2D eigenvalue weighted by atomic mass is 10.1. The maximum absolute atomic E-state index is 9.64. The predicted molar refractivity (Wildman–Crippen MR) is 89.2 cm³/mol. The molecule has 0 bridgehead atoms. The summed E-state index contributed by atoms with van der Waals surface area (Å²) in [5, 5.41) is 27.7. The highest BCUT2D eigenvalue weighted by atomic mass is 28.4. The largest absolute Gasteiger partial charge is 0.439 e. The number of rotatable bonds is 10. The molecule has 3 N–H and O–H groups in total. The summed E-state index contributed by atoms with van der Waals surface area (Å²) in [6.45, 7) is 12.5. The molecule has 0 spiro atoms. The molecule has 2 atom stereocenters. The first-order valence-electron chi connectivity index (χ1n) is 7.27. The zero-order chi connectivity index (χ0) is 16.0. The minimum atomic E-state index is -1.71. The Bertz CT molecular complexity index is 249. The predicted octanol–water partition coefficient (Wildman–Crippen LogP) is 1.40. The van der Waals surface area contributed by atoms with Gasteiger partial charge in [-0.1, -0.05) is 0 Å². The zero-order valence-electron chi connectivity index (χ0n) is 13.7. The Balaban J connectivity index is 4.30. The molecule has 0 rings (SSSR count). The smallest absolute Gasteiger partial charge is 0.300 e. The van der Waals surface area contributed by atoms with Gasteiger partial charge in [0.1, 0.15) is 6.10 Å². The van der Waals surface area contributed by atoms with Crippen molar-refractivity contribution < 1.29 is 23.5 Å². The highest BCUT2D eigenvalue weighted by Crippen LogP contribution is 2.17. The van der Waals surface area contributed by atoms with E-state index in [4.69, 9.17) is 13.3 Å². The van der Waals surface area contributed by atoms with E-state index in [9.17, 15) is 10.2 Å². The molecule has 0 heterocycles. The second kappa shape index (κ2) is 8.79. The van der Waals surface area contributed by atoms with Gasteiger partial charge < -0.3 is 23.5 Å². The molecule has 0 amide bonds. The van der Waals surface area contributed by atoms with E-state index in [1.165, 1.54) is 0 Å². The van der Waals surface area contributed by atoms with Gasteiger partial charge in [-0.2, -0.15) is 0 Å². The van der Waals surface area contributed by atoms with Crippen LogP contribution in [0.15, 0.2) is 0 Å². The van der Waals surface area contributed by atoms with Crippen LogP contribution in [0.25, 0.3) is 0 Å². The summed E-state index contributed by atoms with van der Waals surface area (Å²) in [5.41, 5.74) is 0. The SMILES string of the molecule is C[Si](C)(C)O[SiH](CCCC(O)C(O)CO)O[Si](C)(C)C. The van der Waals surface area contributed by atoms with Crippen molar-refractivity contribution in [3.8, 4) is 0 Å². The van der Waals surface area contributed by atoms with Gasteiger partial charge in [-0.25, -0.2) is 0 Å². The van der Waals surface area contributed by atoms with Crippen molar-refractivity contribution in [2.24, 2.45) is 0 Å². The number of hydrogen-bond donors (Lipinski definition) is 3. The lowest BCUT2D eigenvalue weighted by molar-refractivity contribution is -0.0178. The Morgan fingerprint density at radius 2 is 1.35 bits per heavy atom. The Kier molecular flexibility index (Phi) is 8.99. The molecule has 0 aliphatic rings. The van der Waals surface area contributed by atoms with Crippen LogP contribution in [0.5, 0.6) is 0 Å². The molecule has 0 aromatic rings. The summed E-state index contributed by atoms with van der Waals surface area (Å²) in [4.78, 5) is 0. The normalized spacial score (nSPS) is 16.5. The minimum Gasteiger partial charge on any atom is -0.439 e. The van der Waals surface area contributed by atoms with E-state index in [1.807, 2.05) is 0 Å². The van der Waals surface area contributed by atoms with Crippen LogP contribution in [0.2, 0.25) is 45.3 Å². The lowest BCUT2D eigenvalue weighted by Crippen LogP contribution is -2.43. The molecule has 2 unspecified atom stereocenters. The molecule has 122 valence electrons. The van der Waals surface area contributed by atoms with Gasteiger partial charge in [0, 0.05) is 0 Å². The topological polar surface area (TPSA) is 79.2 Å². The zero-order valence-corrected chi connectivity index (χ0v) is 16.9. The summed E-state index contributed by atoms with van der Waals surface area (Å²) >= 11 is 0. The fourth-order valence-corrected chi connectivity index (χ4v) is 10.2. The molecule has 0 radical (unpaired) electrons. The third kappa shape index (κ3) is 11.1. The third-order valence-electron chi connectivity index (χ3n) is 2.54. The van der Waals surface area contributed by atoms with E-state index >= 15 is 0 Å². The van der Waals surface area contributed by atoms with E-state index in [1.54, 1.807) is 0 Å². The molecular weight excluding hydrogens is 308 g/mol. The van der Waals surface area contributed by atoms with Gasteiger partial charge in [-0.3, -0.25) is 0 Å². The Morgan fingerprint density at radius 1 is 0.900 bits per heavy atom. The van der Waals surface area contributed by atoms with Crippen molar-refractivity contribution in [3.05, 3.63) is 0 Å². The molecular formula is C12H32O5Si3.